The number of ether oxygens (including phenoxy) is 1. The maximum Gasteiger partial charge on any atom is 0.172 e. The molecule has 1 fully saturated rings. The first-order valence-electron chi connectivity index (χ1n) is 8.10. The quantitative estimate of drug-likeness (QED) is 0.807. The molecular formula is C17H28N2O2. The van der Waals surface area contributed by atoms with Gasteiger partial charge in [0.25, 0.3) is 0 Å². The van der Waals surface area contributed by atoms with E-state index in [4.69, 9.17) is 4.74 Å². The number of aromatic nitrogens is 2. The Balaban J connectivity index is 2.13. The molecule has 0 aromatic carbocycles. The second kappa shape index (κ2) is 6.30. The van der Waals surface area contributed by atoms with E-state index >= 15 is 0 Å². The van der Waals surface area contributed by atoms with Gasteiger partial charge < -0.3 is 9.30 Å². The van der Waals surface area contributed by atoms with Crippen LogP contribution < -0.4 is 0 Å². The summed E-state index contributed by atoms with van der Waals surface area (Å²) in [6.07, 6.45) is 7.82. The molecule has 1 aromatic rings. The van der Waals surface area contributed by atoms with Gasteiger partial charge in [0.1, 0.15) is 11.4 Å². The van der Waals surface area contributed by atoms with Crippen LogP contribution in [0.5, 0.6) is 0 Å². The van der Waals surface area contributed by atoms with Crippen LogP contribution in [0, 0.1) is 5.41 Å². The number of ketones is 1. The van der Waals surface area contributed by atoms with Crippen molar-refractivity contribution >= 4 is 5.78 Å². The summed E-state index contributed by atoms with van der Waals surface area (Å²) in [4.78, 5) is 17.2. The summed E-state index contributed by atoms with van der Waals surface area (Å²) in [6.45, 7) is 10.0. The van der Waals surface area contributed by atoms with Crippen molar-refractivity contribution in [2.24, 2.45) is 5.41 Å². The van der Waals surface area contributed by atoms with E-state index in [0.29, 0.717) is 18.4 Å². The van der Waals surface area contributed by atoms with Crippen molar-refractivity contribution < 1.29 is 9.53 Å². The van der Waals surface area contributed by atoms with Crippen molar-refractivity contribution in [1.29, 1.82) is 0 Å². The van der Waals surface area contributed by atoms with E-state index in [9.17, 15) is 4.79 Å². The normalized spacial score (nSPS) is 20.4. The fourth-order valence-corrected chi connectivity index (χ4v) is 3.21. The Bertz CT molecular complexity index is 481. The van der Waals surface area contributed by atoms with Crippen LogP contribution in [0.1, 0.15) is 59.2 Å². The molecule has 118 valence electrons. The number of carbonyl (C=O) groups excluding carboxylic acids is 1. The largest absolute Gasteiger partial charge is 0.367 e. The van der Waals surface area contributed by atoms with Gasteiger partial charge in [-0.05, 0) is 44.9 Å². The average Bonchev–Trinajstić information content (AvgIpc) is 2.89. The van der Waals surface area contributed by atoms with E-state index in [2.05, 4.69) is 25.8 Å². The summed E-state index contributed by atoms with van der Waals surface area (Å²) in [5, 5.41) is 0. The summed E-state index contributed by atoms with van der Waals surface area (Å²) < 4.78 is 7.99. The SMILES string of the molecule is CCOC1(C(=O)Cc2nccn2CC)CCC(C)(C)CC1. The molecular weight excluding hydrogens is 264 g/mol. The minimum atomic E-state index is -0.589. The van der Waals surface area contributed by atoms with Gasteiger partial charge in [0.2, 0.25) is 0 Å². The van der Waals surface area contributed by atoms with E-state index in [0.717, 1.165) is 38.1 Å². The number of hydrogen-bond donors (Lipinski definition) is 0. The Morgan fingerprint density at radius 1 is 1.29 bits per heavy atom. The molecule has 0 radical (unpaired) electrons. The lowest BCUT2D eigenvalue weighted by Gasteiger charge is -2.42. The summed E-state index contributed by atoms with van der Waals surface area (Å²) in [5.74, 6) is 1.05. The van der Waals surface area contributed by atoms with Crippen molar-refractivity contribution in [3.05, 3.63) is 18.2 Å². The van der Waals surface area contributed by atoms with Gasteiger partial charge in [-0.1, -0.05) is 13.8 Å². The maximum atomic E-state index is 12.9. The van der Waals surface area contributed by atoms with Gasteiger partial charge in [-0.3, -0.25) is 4.79 Å². The van der Waals surface area contributed by atoms with Crippen LogP contribution in [-0.4, -0.2) is 27.5 Å². The van der Waals surface area contributed by atoms with Crippen LogP contribution in [-0.2, 0) is 22.5 Å². The monoisotopic (exact) mass is 292 g/mol. The van der Waals surface area contributed by atoms with Gasteiger partial charge in [0, 0.05) is 25.5 Å². The molecule has 1 saturated carbocycles. The molecule has 0 spiro atoms. The highest BCUT2D eigenvalue weighted by Gasteiger charge is 2.44. The van der Waals surface area contributed by atoms with Crippen LogP contribution in [0.2, 0.25) is 0 Å². The zero-order chi connectivity index (χ0) is 15.5. The molecule has 0 bridgehead atoms. The first-order valence-corrected chi connectivity index (χ1v) is 8.10. The highest BCUT2D eigenvalue weighted by atomic mass is 16.5. The van der Waals surface area contributed by atoms with E-state index in [1.54, 1.807) is 6.20 Å². The molecule has 1 aromatic heterocycles. The molecule has 4 nitrogen and oxygen atoms in total. The Morgan fingerprint density at radius 2 is 1.95 bits per heavy atom. The van der Waals surface area contributed by atoms with Crippen molar-refractivity contribution in [2.45, 2.75) is 71.9 Å². The Hall–Kier alpha value is -1.16. The van der Waals surface area contributed by atoms with E-state index in [1.165, 1.54) is 0 Å². The predicted molar refractivity (Wildman–Crippen MR) is 83.2 cm³/mol. The summed E-state index contributed by atoms with van der Waals surface area (Å²) in [5.41, 5.74) is -0.266. The number of hydrogen-bond acceptors (Lipinski definition) is 3. The molecule has 1 aliphatic rings. The molecule has 1 heterocycles. The Morgan fingerprint density at radius 3 is 2.52 bits per heavy atom. The predicted octanol–water partition coefficient (Wildman–Crippen LogP) is 3.39. The molecule has 0 atom stereocenters. The highest BCUT2D eigenvalue weighted by Crippen LogP contribution is 2.42. The molecule has 21 heavy (non-hydrogen) atoms. The van der Waals surface area contributed by atoms with E-state index in [1.807, 2.05) is 17.7 Å². The van der Waals surface area contributed by atoms with Crippen LogP contribution in [0.25, 0.3) is 0 Å². The smallest absolute Gasteiger partial charge is 0.172 e. The average molecular weight is 292 g/mol. The third-order valence-corrected chi connectivity index (χ3v) is 4.80. The zero-order valence-corrected chi connectivity index (χ0v) is 13.8. The summed E-state index contributed by atoms with van der Waals surface area (Å²) in [7, 11) is 0. The molecule has 0 amide bonds. The van der Waals surface area contributed by atoms with Gasteiger partial charge in [0.05, 0.1) is 6.42 Å². The van der Waals surface area contributed by atoms with Crippen LogP contribution >= 0.6 is 0 Å². The minimum Gasteiger partial charge on any atom is -0.367 e. The lowest BCUT2D eigenvalue weighted by molar-refractivity contribution is -0.151. The Kier molecular flexibility index (Phi) is 4.87. The van der Waals surface area contributed by atoms with Crippen molar-refractivity contribution in [3.8, 4) is 0 Å². The summed E-state index contributed by atoms with van der Waals surface area (Å²) in [6, 6.07) is 0. The van der Waals surface area contributed by atoms with Crippen LogP contribution in [0.15, 0.2) is 12.4 Å². The molecule has 0 saturated heterocycles. The lowest BCUT2D eigenvalue weighted by atomic mass is 9.69. The van der Waals surface area contributed by atoms with E-state index < -0.39 is 5.60 Å². The standard InChI is InChI=1S/C17H28N2O2/c1-5-19-12-11-18-15(19)13-14(20)17(21-6-2)9-7-16(3,4)8-10-17/h11-12H,5-10,13H2,1-4H3. The molecule has 0 aliphatic heterocycles. The van der Waals surface area contributed by atoms with Crippen LogP contribution in [0.3, 0.4) is 0 Å². The van der Waals surface area contributed by atoms with Crippen molar-refractivity contribution in [1.82, 2.24) is 9.55 Å². The second-order valence-corrected chi connectivity index (χ2v) is 6.82. The topological polar surface area (TPSA) is 44.1 Å². The number of imidazole rings is 1. The van der Waals surface area contributed by atoms with Gasteiger partial charge in [-0.25, -0.2) is 4.98 Å². The van der Waals surface area contributed by atoms with Crippen molar-refractivity contribution in [2.75, 3.05) is 6.61 Å². The van der Waals surface area contributed by atoms with Gasteiger partial charge in [0.15, 0.2) is 5.78 Å². The Labute approximate surface area is 127 Å². The molecule has 1 aliphatic carbocycles. The van der Waals surface area contributed by atoms with Gasteiger partial charge >= 0.3 is 0 Å². The fourth-order valence-electron chi connectivity index (χ4n) is 3.21. The highest BCUT2D eigenvalue weighted by molar-refractivity contribution is 5.88. The van der Waals surface area contributed by atoms with Gasteiger partial charge in [-0.2, -0.15) is 0 Å². The number of Topliss-reactive ketones (excluding diaryl/α,β-unsaturated/α-hetero) is 1. The summed E-state index contributed by atoms with van der Waals surface area (Å²) >= 11 is 0. The minimum absolute atomic E-state index is 0.195. The third kappa shape index (κ3) is 3.54. The van der Waals surface area contributed by atoms with E-state index in [-0.39, 0.29) is 5.78 Å². The first-order chi connectivity index (χ1) is 9.92. The first kappa shape index (κ1) is 16.2. The molecule has 2 rings (SSSR count). The third-order valence-electron chi connectivity index (χ3n) is 4.80. The van der Waals surface area contributed by atoms with Crippen molar-refractivity contribution in [3.63, 3.8) is 0 Å². The number of carbonyl (C=O) groups is 1. The molecule has 0 unspecified atom stereocenters. The fraction of sp³-hybridized carbons (Fsp3) is 0.765. The maximum absolute atomic E-state index is 12.9. The molecule has 4 heteroatoms. The second-order valence-electron chi connectivity index (χ2n) is 6.82. The number of aryl methyl sites for hydroxylation is 1. The lowest BCUT2D eigenvalue weighted by Crippen LogP contribution is -2.47. The number of nitrogens with zero attached hydrogens (tertiary/aromatic N) is 2. The van der Waals surface area contributed by atoms with Crippen LogP contribution in [0.4, 0.5) is 0 Å². The number of rotatable bonds is 6. The molecule has 0 N–H and O–H groups in total. The van der Waals surface area contributed by atoms with Gasteiger partial charge in [-0.15, -0.1) is 0 Å². The zero-order valence-electron chi connectivity index (χ0n) is 13.8.